The van der Waals surface area contributed by atoms with Crippen LogP contribution in [0.1, 0.15) is 53.9 Å². The topological polar surface area (TPSA) is 76.1 Å². The van der Waals surface area contributed by atoms with Crippen molar-refractivity contribution in [2.75, 3.05) is 13.7 Å². The van der Waals surface area contributed by atoms with E-state index >= 15 is 0 Å². The highest BCUT2D eigenvalue weighted by Gasteiger charge is 2.41. The molecule has 1 saturated heterocycles. The lowest BCUT2D eigenvalue weighted by Gasteiger charge is -2.45. The molecule has 0 radical (unpaired) electrons. The minimum absolute atomic E-state index is 0.0433. The molecule has 1 rings (SSSR count). The fourth-order valence-electron chi connectivity index (χ4n) is 2.66. The summed E-state index contributed by atoms with van der Waals surface area (Å²) in [5, 5.41) is 10.3. The second-order valence-electron chi connectivity index (χ2n) is 7.73. The molecule has 0 aromatic heterocycles. The summed E-state index contributed by atoms with van der Waals surface area (Å²) in [4.78, 5) is 25.4. The summed E-state index contributed by atoms with van der Waals surface area (Å²) < 4.78 is 10.0. The Kier molecular flexibility index (Phi) is 5.84. The highest BCUT2D eigenvalue weighted by molar-refractivity contribution is 5.71. The third kappa shape index (κ3) is 5.48. The number of hydrogen-bond acceptors (Lipinski definition) is 5. The van der Waals surface area contributed by atoms with Crippen molar-refractivity contribution < 1.29 is 24.2 Å². The van der Waals surface area contributed by atoms with E-state index in [-0.39, 0.29) is 11.8 Å². The minimum Gasteiger partial charge on any atom is -0.469 e. The molecule has 1 N–H and O–H groups in total. The van der Waals surface area contributed by atoms with Crippen LogP contribution in [-0.2, 0) is 14.3 Å². The molecule has 22 heavy (non-hydrogen) atoms. The smallest absolute Gasteiger partial charge is 0.410 e. The van der Waals surface area contributed by atoms with E-state index < -0.39 is 29.8 Å². The van der Waals surface area contributed by atoms with Gasteiger partial charge in [-0.05, 0) is 39.0 Å². The van der Waals surface area contributed by atoms with Gasteiger partial charge in [0.1, 0.15) is 5.60 Å². The van der Waals surface area contributed by atoms with Crippen molar-refractivity contribution in [2.45, 2.75) is 71.6 Å². The number of esters is 1. The second kappa shape index (κ2) is 6.86. The molecule has 0 spiro atoms. The normalized spacial score (nSPS) is 22.9. The molecule has 0 aromatic rings. The highest BCUT2D eigenvalue weighted by Crippen LogP contribution is 2.34. The summed E-state index contributed by atoms with van der Waals surface area (Å²) in [7, 11) is 1.28. The van der Waals surface area contributed by atoms with Crippen LogP contribution in [0.3, 0.4) is 0 Å². The molecular formula is C16H29NO5. The maximum Gasteiger partial charge on any atom is 0.410 e. The van der Waals surface area contributed by atoms with Crippen LogP contribution in [0.5, 0.6) is 0 Å². The largest absolute Gasteiger partial charge is 0.469 e. The minimum atomic E-state index is -0.948. The van der Waals surface area contributed by atoms with Crippen LogP contribution in [0.4, 0.5) is 4.79 Å². The zero-order chi connectivity index (χ0) is 17.1. The van der Waals surface area contributed by atoms with Crippen LogP contribution < -0.4 is 0 Å². The van der Waals surface area contributed by atoms with Crippen molar-refractivity contribution in [1.82, 2.24) is 4.90 Å². The maximum absolute atomic E-state index is 12.4. The number of carbonyl (C=O) groups is 2. The Bertz CT molecular complexity index is 413. The van der Waals surface area contributed by atoms with Gasteiger partial charge in [0.2, 0.25) is 0 Å². The van der Waals surface area contributed by atoms with E-state index in [1.165, 1.54) is 7.11 Å². The Balaban J connectivity index is 2.88. The molecule has 0 aliphatic carbocycles. The van der Waals surface area contributed by atoms with Gasteiger partial charge < -0.3 is 19.5 Å². The number of aliphatic hydroxyl groups is 1. The summed E-state index contributed by atoms with van der Waals surface area (Å²) in [5.41, 5.74) is -0.644. The highest BCUT2D eigenvalue weighted by atomic mass is 16.6. The van der Waals surface area contributed by atoms with Crippen molar-refractivity contribution >= 4 is 12.1 Å². The molecule has 1 amide bonds. The first-order valence-electron chi connectivity index (χ1n) is 7.70. The van der Waals surface area contributed by atoms with Gasteiger partial charge in [0.25, 0.3) is 0 Å². The monoisotopic (exact) mass is 315 g/mol. The Labute approximate surface area is 132 Å². The first-order valence-corrected chi connectivity index (χ1v) is 7.70. The van der Waals surface area contributed by atoms with Gasteiger partial charge in [0.15, 0.2) is 0 Å². The van der Waals surface area contributed by atoms with Gasteiger partial charge in [-0.1, -0.05) is 13.8 Å². The average Bonchev–Trinajstić information content (AvgIpc) is 2.35. The van der Waals surface area contributed by atoms with Crippen molar-refractivity contribution in [1.29, 1.82) is 0 Å². The predicted octanol–water partition coefficient (Wildman–Crippen LogP) is 2.34. The molecular weight excluding hydrogens is 286 g/mol. The van der Waals surface area contributed by atoms with E-state index in [4.69, 9.17) is 4.74 Å². The fraction of sp³-hybridized carbons (Fsp3) is 0.875. The van der Waals surface area contributed by atoms with Gasteiger partial charge in [-0.2, -0.15) is 0 Å². The maximum atomic E-state index is 12.4. The summed E-state index contributed by atoms with van der Waals surface area (Å²) in [5.74, 6) is -0.485. The third-order valence-corrected chi connectivity index (χ3v) is 3.79. The van der Waals surface area contributed by atoms with E-state index in [9.17, 15) is 14.7 Å². The molecule has 0 saturated carbocycles. The second-order valence-corrected chi connectivity index (χ2v) is 7.73. The fourth-order valence-corrected chi connectivity index (χ4v) is 2.66. The Morgan fingerprint density at radius 2 is 1.95 bits per heavy atom. The van der Waals surface area contributed by atoms with E-state index in [0.717, 1.165) is 6.42 Å². The number of piperidine rings is 1. The van der Waals surface area contributed by atoms with Crippen LogP contribution >= 0.6 is 0 Å². The van der Waals surface area contributed by atoms with Gasteiger partial charge in [-0.3, -0.25) is 4.79 Å². The van der Waals surface area contributed by atoms with Crippen LogP contribution in [0.25, 0.3) is 0 Å². The lowest BCUT2D eigenvalue weighted by Crippen LogP contribution is -2.55. The van der Waals surface area contributed by atoms with Crippen LogP contribution in [-0.4, -0.2) is 53.5 Å². The standard InChI is InChI=1S/C16H29NO5/c1-15(2,3)22-14(20)17-10-16(4,5)8-7-11(17)12(18)9-13(19)21-6/h11-12,18H,7-10H2,1-6H3/t11?,12-/m0/s1. The number of rotatable bonds is 3. The Hall–Kier alpha value is -1.30. The van der Waals surface area contributed by atoms with E-state index in [1.54, 1.807) is 25.7 Å². The van der Waals surface area contributed by atoms with Gasteiger partial charge in [0.05, 0.1) is 25.7 Å². The number of carbonyl (C=O) groups excluding carboxylic acids is 2. The first kappa shape index (κ1) is 18.7. The molecule has 6 nitrogen and oxygen atoms in total. The lowest BCUT2D eigenvalue weighted by atomic mass is 9.80. The molecule has 1 aliphatic rings. The molecule has 1 aliphatic heterocycles. The zero-order valence-corrected chi connectivity index (χ0v) is 14.5. The first-order chi connectivity index (χ1) is 9.95. The van der Waals surface area contributed by atoms with Crippen LogP contribution in [0.15, 0.2) is 0 Å². The number of nitrogens with zero attached hydrogens (tertiary/aromatic N) is 1. The van der Waals surface area contributed by atoms with Gasteiger partial charge in [-0.25, -0.2) is 4.79 Å². The van der Waals surface area contributed by atoms with E-state index in [2.05, 4.69) is 18.6 Å². The molecule has 1 heterocycles. The molecule has 6 heteroatoms. The Morgan fingerprint density at radius 3 is 2.45 bits per heavy atom. The number of ether oxygens (including phenoxy) is 2. The number of methoxy groups -OCH3 is 1. The van der Waals surface area contributed by atoms with Crippen LogP contribution in [0.2, 0.25) is 0 Å². The number of hydrogen-bond donors (Lipinski definition) is 1. The van der Waals surface area contributed by atoms with Crippen molar-refractivity contribution in [3.63, 3.8) is 0 Å². The summed E-state index contributed by atoms with van der Waals surface area (Å²) in [6.45, 7) is 10.1. The van der Waals surface area contributed by atoms with Gasteiger partial charge in [0, 0.05) is 6.54 Å². The molecule has 2 atom stereocenters. The van der Waals surface area contributed by atoms with Crippen molar-refractivity contribution in [2.24, 2.45) is 5.41 Å². The van der Waals surface area contributed by atoms with Crippen molar-refractivity contribution in [3.8, 4) is 0 Å². The third-order valence-electron chi connectivity index (χ3n) is 3.79. The van der Waals surface area contributed by atoms with Crippen LogP contribution in [0, 0.1) is 5.41 Å². The van der Waals surface area contributed by atoms with Crippen molar-refractivity contribution in [3.05, 3.63) is 0 Å². The molecule has 0 aromatic carbocycles. The molecule has 1 fully saturated rings. The lowest BCUT2D eigenvalue weighted by molar-refractivity contribution is -0.144. The zero-order valence-electron chi connectivity index (χ0n) is 14.5. The number of likely N-dealkylation sites (tertiary alicyclic amines) is 1. The predicted molar refractivity (Wildman–Crippen MR) is 82.4 cm³/mol. The molecule has 1 unspecified atom stereocenters. The number of aliphatic hydroxyl groups excluding tert-OH is 1. The summed E-state index contributed by atoms with van der Waals surface area (Å²) in [6, 6.07) is -0.429. The average molecular weight is 315 g/mol. The Morgan fingerprint density at radius 1 is 1.36 bits per heavy atom. The molecule has 128 valence electrons. The van der Waals surface area contributed by atoms with Gasteiger partial charge >= 0.3 is 12.1 Å². The van der Waals surface area contributed by atoms with Gasteiger partial charge in [-0.15, -0.1) is 0 Å². The molecule has 0 bridgehead atoms. The number of amides is 1. The summed E-state index contributed by atoms with van der Waals surface area (Å²) >= 11 is 0. The summed E-state index contributed by atoms with van der Waals surface area (Å²) in [6.07, 6.45) is -0.0224. The van der Waals surface area contributed by atoms with E-state index in [0.29, 0.717) is 13.0 Å². The van der Waals surface area contributed by atoms with E-state index in [1.807, 2.05) is 0 Å². The quantitative estimate of drug-likeness (QED) is 0.809. The SMILES string of the molecule is COC(=O)C[C@H](O)C1CCC(C)(C)CN1C(=O)OC(C)(C)C.